The van der Waals surface area contributed by atoms with Crippen LogP contribution >= 0.6 is 34.7 Å². The average molecular weight is 610 g/mol. The Morgan fingerprint density at radius 2 is 1.69 bits per heavy atom. The number of rotatable bonds is 7. The van der Waals surface area contributed by atoms with Gasteiger partial charge in [0.2, 0.25) is 5.88 Å². The Balaban J connectivity index is 1.21. The van der Waals surface area contributed by atoms with Crippen molar-refractivity contribution in [3.05, 3.63) is 105 Å². The number of fused-ring (bicyclic) bond motifs is 3. The van der Waals surface area contributed by atoms with Crippen molar-refractivity contribution in [3.8, 4) is 28.7 Å². The molecule has 6 aromatic rings. The lowest BCUT2D eigenvalue weighted by Crippen LogP contribution is -2.02. The molecule has 0 fully saturated rings. The van der Waals surface area contributed by atoms with Crippen molar-refractivity contribution < 1.29 is 4.74 Å². The summed E-state index contributed by atoms with van der Waals surface area (Å²) in [7, 11) is 0. The first kappa shape index (κ1) is 27.1. The molecule has 42 heavy (non-hydrogen) atoms. The Morgan fingerprint density at radius 3 is 2.50 bits per heavy atom. The Kier molecular flexibility index (Phi) is 7.44. The van der Waals surface area contributed by atoms with Crippen molar-refractivity contribution in [1.82, 2.24) is 24.7 Å². The number of aryl methyl sites for hydroxylation is 4. The fourth-order valence-corrected chi connectivity index (χ4v) is 7.58. The van der Waals surface area contributed by atoms with E-state index >= 15 is 0 Å². The van der Waals surface area contributed by atoms with E-state index in [1.807, 2.05) is 67.6 Å². The van der Waals surface area contributed by atoms with E-state index in [0.29, 0.717) is 11.6 Å². The van der Waals surface area contributed by atoms with Crippen molar-refractivity contribution >= 4 is 44.9 Å². The van der Waals surface area contributed by atoms with Gasteiger partial charge in [-0.05, 0) is 99.2 Å². The van der Waals surface area contributed by atoms with Gasteiger partial charge in [0.25, 0.3) is 0 Å². The van der Waals surface area contributed by atoms with Crippen LogP contribution in [0.2, 0.25) is 5.02 Å². The van der Waals surface area contributed by atoms with Crippen LogP contribution in [0, 0.1) is 13.8 Å². The highest BCUT2D eigenvalue weighted by Crippen LogP contribution is 2.41. The normalized spacial score (nSPS) is 12.9. The predicted octanol–water partition coefficient (Wildman–Crippen LogP) is 9.17. The first-order valence-electron chi connectivity index (χ1n) is 14.0. The average Bonchev–Trinajstić information content (AvgIpc) is 3.58. The number of halogens is 1. The van der Waals surface area contributed by atoms with E-state index in [1.165, 1.54) is 23.3 Å². The Morgan fingerprint density at radius 1 is 0.905 bits per heavy atom. The van der Waals surface area contributed by atoms with Crippen LogP contribution < -0.4 is 4.74 Å². The fraction of sp³-hybridized carbons (Fsp3) is 0.212. The summed E-state index contributed by atoms with van der Waals surface area (Å²) in [5, 5.41) is 10.7. The molecule has 0 atom stereocenters. The standard InChI is InChI=1S/C33H28ClN5OS2/c1-20-7-3-4-8-26(20)31-38-37-21(2)39(31)23-13-15-24(16-14-23)40-32-30-27-9-5-6-10-28(27)42-33(30)36-29(35-32)19-41-25-17-11-22(34)12-18-25/h3-4,7-8,11-18H,5-6,9-10,19H2,1-2H3. The highest BCUT2D eigenvalue weighted by Gasteiger charge is 2.23. The van der Waals surface area contributed by atoms with E-state index in [-0.39, 0.29) is 0 Å². The van der Waals surface area contributed by atoms with Gasteiger partial charge in [-0.3, -0.25) is 4.57 Å². The third-order valence-corrected chi connectivity index (χ3v) is 9.98. The molecule has 0 amide bonds. The molecule has 1 aliphatic rings. The molecule has 3 heterocycles. The summed E-state index contributed by atoms with van der Waals surface area (Å²) < 4.78 is 8.63. The third kappa shape index (κ3) is 5.30. The summed E-state index contributed by atoms with van der Waals surface area (Å²) in [6, 6.07) is 24.2. The molecular weight excluding hydrogens is 582 g/mol. The van der Waals surface area contributed by atoms with Crippen LogP contribution in [0.1, 0.15) is 40.5 Å². The van der Waals surface area contributed by atoms with E-state index in [1.54, 1.807) is 23.1 Å². The highest BCUT2D eigenvalue weighted by atomic mass is 35.5. The van der Waals surface area contributed by atoms with E-state index in [4.69, 9.17) is 26.3 Å². The monoisotopic (exact) mass is 609 g/mol. The Hall–Kier alpha value is -3.72. The number of hydrogen-bond donors (Lipinski definition) is 0. The molecule has 3 aromatic carbocycles. The smallest absolute Gasteiger partial charge is 0.231 e. The molecule has 0 N–H and O–H groups in total. The molecule has 0 unspecified atom stereocenters. The summed E-state index contributed by atoms with van der Waals surface area (Å²) >= 11 is 9.56. The minimum Gasteiger partial charge on any atom is -0.438 e. The predicted molar refractivity (Wildman–Crippen MR) is 171 cm³/mol. The first-order chi connectivity index (χ1) is 20.5. The molecule has 0 bridgehead atoms. The van der Waals surface area contributed by atoms with Gasteiger partial charge in [-0.25, -0.2) is 4.98 Å². The summed E-state index contributed by atoms with van der Waals surface area (Å²) in [5.74, 6) is 4.42. The topological polar surface area (TPSA) is 65.7 Å². The van der Waals surface area contributed by atoms with E-state index < -0.39 is 0 Å². The second kappa shape index (κ2) is 11.5. The first-order valence-corrected chi connectivity index (χ1v) is 16.2. The molecule has 210 valence electrons. The van der Waals surface area contributed by atoms with Gasteiger partial charge < -0.3 is 4.74 Å². The largest absolute Gasteiger partial charge is 0.438 e. The van der Waals surface area contributed by atoms with Crippen LogP contribution in [-0.4, -0.2) is 24.7 Å². The van der Waals surface area contributed by atoms with E-state index in [0.717, 1.165) is 73.0 Å². The maximum atomic E-state index is 6.55. The number of thioether (sulfide) groups is 1. The molecule has 0 radical (unpaired) electrons. The molecular formula is C33H28ClN5OS2. The van der Waals surface area contributed by atoms with Gasteiger partial charge in [0, 0.05) is 26.0 Å². The molecule has 9 heteroatoms. The van der Waals surface area contributed by atoms with Crippen molar-refractivity contribution in [3.63, 3.8) is 0 Å². The van der Waals surface area contributed by atoms with Crippen LogP contribution in [0.25, 0.3) is 27.3 Å². The lowest BCUT2D eigenvalue weighted by molar-refractivity contribution is 0.466. The zero-order valence-electron chi connectivity index (χ0n) is 23.3. The van der Waals surface area contributed by atoms with Crippen molar-refractivity contribution in [2.45, 2.75) is 50.2 Å². The van der Waals surface area contributed by atoms with Crippen LogP contribution in [0.4, 0.5) is 0 Å². The molecule has 0 saturated heterocycles. The van der Waals surface area contributed by atoms with Crippen molar-refractivity contribution in [2.24, 2.45) is 0 Å². The number of hydrogen-bond acceptors (Lipinski definition) is 7. The maximum Gasteiger partial charge on any atom is 0.231 e. The Bertz CT molecular complexity index is 1900. The molecule has 0 aliphatic heterocycles. The number of benzene rings is 3. The summed E-state index contributed by atoms with van der Waals surface area (Å²) in [5.41, 5.74) is 4.55. The third-order valence-electron chi connectivity index (χ3n) is 7.53. The van der Waals surface area contributed by atoms with Gasteiger partial charge >= 0.3 is 0 Å². The SMILES string of the molecule is Cc1ccccc1-c1nnc(C)n1-c1ccc(Oc2nc(CSc3ccc(Cl)cc3)nc3sc4c(c23)CCCC4)cc1. The fourth-order valence-electron chi connectivity index (χ4n) is 5.43. The van der Waals surface area contributed by atoms with Crippen LogP contribution in [-0.2, 0) is 18.6 Å². The van der Waals surface area contributed by atoms with Crippen molar-refractivity contribution in [2.75, 3.05) is 0 Å². The van der Waals surface area contributed by atoms with E-state index in [2.05, 4.69) is 33.8 Å². The molecule has 0 spiro atoms. The lowest BCUT2D eigenvalue weighted by Gasteiger charge is -2.14. The van der Waals surface area contributed by atoms with Crippen LogP contribution in [0.5, 0.6) is 11.6 Å². The minimum atomic E-state index is 0.639. The molecule has 6 nitrogen and oxygen atoms in total. The number of aromatic nitrogens is 5. The van der Waals surface area contributed by atoms with Gasteiger partial charge in [0.15, 0.2) is 5.82 Å². The highest BCUT2D eigenvalue weighted by molar-refractivity contribution is 7.98. The summed E-state index contributed by atoms with van der Waals surface area (Å²) in [6.07, 6.45) is 4.54. The van der Waals surface area contributed by atoms with Gasteiger partial charge in [-0.15, -0.1) is 33.3 Å². The molecule has 1 aliphatic carbocycles. The maximum absolute atomic E-state index is 6.55. The van der Waals surface area contributed by atoms with Gasteiger partial charge in [0.1, 0.15) is 22.2 Å². The van der Waals surface area contributed by atoms with E-state index in [9.17, 15) is 0 Å². The van der Waals surface area contributed by atoms with Crippen molar-refractivity contribution in [1.29, 1.82) is 0 Å². The van der Waals surface area contributed by atoms with Gasteiger partial charge in [0.05, 0.1) is 11.1 Å². The second-order valence-electron chi connectivity index (χ2n) is 10.4. The minimum absolute atomic E-state index is 0.639. The van der Waals surface area contributed by atoms with Gasteiger partial charge in [-0.1, -0.05) is 35.9 Å². The Labute approximate surface area is 257 Å². The number of ether oxygens (including phenoxy) is 1. The molecule has 0 saturated carbocycles. The second-order valence-corrected chi connectivity index (χ2v) is 13.0. The number of nitrogens with zero attached hydrogens (tertiary/aromatic N) is 5. The summed E-state index contributed by atoms with van der Waals surface area (Å²) in [6.45, 7) is 4.06. The number of thiophene rings is 1. The van der Waals surface area contributed by atoms with Crippen LogP contribution in [0.3, 0.4) is 0 Å². The lowest BCUT2D eigenvalue weighted by atomic mass is 9.97. The zero-order valence-corrected chi connectivity index (χ0v) is 25.7. The summed E-state index contributed by atoms with van der Waals surface area (Å²) in [4.78, 5) is 13.5. The van der Waals surface area contributed by atoms with Gasteiger partial charge in [-0.2, -0.15) is 4.98 Å². The quantitative estimate of drug-likeness (QED) is 0.168. The molecule has 7 rings (SSSR count). The zero-order chi connectivity index (χ0) is 28.6. The van der Waals surface area contributed by atoms with Crippen LogP contribution in [0.15, 0.2) is 77.7 Å². The molecule has 3 aromatic heterocycles.